The molecule has 0 aliphatic carbocycles. The average molecular weight is 819 g/mol. The third-order valence-corrected chi connectivity index (χ3v) is 14.1. The van der Waals surface area contributed by atoms with Crippen molar-refractivity contribution in [2.75, 3.05) is 27.2 Å². The molecular weight excluding hydrogens is 748 g/mol. The Morgan fingerprint density at radius 1 is 0.621 bits per heavy atom. The van der Waals surface area contributed by atoms with E-state index in [1.165, 1.54) is 0 Å². The number of imide groups is 2. The lowest BCUT2D eigenvalue weighted by atomic mass is 9.69. The van der Waals surface area contributed by atoms with Crippen molar-refractivity contribution in [3.8, 4) is 0 Å². The third-order valence-electron chi connectivity index (χ3n) is 14.1. The van der Waals surface area contributed by atoms with Gasteiger partial charge in [0.15, 0.2) is 0 Å². The number of aliphatic hydroxyl groups excluding tert-OH is 2. The second-order valence-corrected chi connectivity index (χ2v) is 20.6. The van der Waals surface area contributed by atoms with E-state index in [0.717, 1.165) is 35.5 Å². The quantitative estimate of drug-likeness (QED) is 0.108. The minimum Gasteiger partial charge on any atom is -0.550 e. The summed E-state index contributed by atoms with van der Waals surface area (Å²) in [6.45, 7) is 15.0. The number of piperidine rings is 2. The number of unbranched alkanes of at least 4 members (excludes halogenated alkanes) is 6. The summed E-state index contributed by atoms with van der Waals surface area (Å²) in [5.74, 6) is -3.60. The summed E-state index contributed by atoms with van der Waals surface area (Å²) in [4.78, 5) is 85.2. The van der Waals surface area contributed by atoms with Gasteiger partial charge in [-0.3, -0.25) is 29.2 Å². The van der Waals surface area contributed by atoms with Crippen LogP contribution in [0.15, 0.2) is 0 Å². The van der Waals surface area contributed by atoms with Crippen molar-refractivity contribution >= 4 is 35.8 Å². The number of likely N-dealkylation sites (tertiary alicyclic amines) is 2. The number of nitrogens with zero attached hydrogens (tertiary/aromatic N) is 4. The summed E-state index contributed by atoms with van der Waals surface area (Å²) in [6.07, 6.45) is 1.92. The molecule has 58 heavy (non-hydrogen) atoms. The molecule has 4 saturated heterocycles. The zero-order chi connectivity index (χ0) is 43.9. The minimum absolute atomic E-state index is 0.00322. The summed E-state index contributed by atoms with van der Waals surface area (Å²) < 4.78 is 0. The van der Waals surface area contributed by atoms with E-state index in [0.29, 0.717) is 44.9 Å². The van der Waals surface area contributed by atoms with Crippen LogP contribution in [-0.2, 0) is 19.2 Å². The second-order valence-electron chi connectivity index (χ2n) is 20.6. The molecule has 2 atom stereocenters. The topological polar surface area (TPSA) is 226 Å². The fraction of sp³-hybridized carbons (Fsp3) is 0.857. The van der Waals surface area contributed by atoms with E-state index < -0.39 is 113 Å². The highest BCUT2D eigenvalue weighted by atomic mass is 16.4. The van der Waals surface area contributed by atoms with Crippen LogP contribution >= 0.6 is 0 Å². The molecule has 16 nitrogen and oxygen atoms in total. The van der Waals surface area contributed by atoms with Crippen molar-refractivity contribution in [3.63, 3.8) is 0 Å². The van der Waals surface area contributed by atoms with Gasteiger partial charge in [0.25, 0.3) is 11.8 Å². The van der Waals surface area contributed by atoms with Crippen LogP contribution in [0.3, 0.4) is 0 Å². The molecule has 4 fully saturated rings. The Bertz CT molecular complexity index is 1470. The van der Waals surface area contributed by atoms with E-state index in [1.807, 2.05) is 69.5 Å². The Morgan fingerprint density at radius 2 is 0.948 bits per heavy atom. The number of carbonyl (C=O) groups excluding carboxylic acids is 6. The molecular formula is C42H70N6O10-2. The van der Waals surface area contributed by atoms with Crippen molar-refractivity contribution in [2.24, 2.45) is 5.41 Å². The summed E-state index contributed by atoms with van der Waals surface area (Å²) in [5.41, 5.74) is -6.09. The monoisotopic (exact) mass is 819 g/mol. The molecule has 4 aliphatic heterocycles. The number of hydrogen-bond acceptors (Lipinski definition) is 12. The first-order valence-corrected chi connectivity index (χ1v) is 21.1. The highest BCUT2D eigenvalue weighted by Crippen LogP contribution is 2.47. The standard InChI is InChI=1S/C42H72N6O10/c1-36(2)24-41(25-37(3,4)45(36)9)31(53)47(34(57)43-41)22-28(49)20-40(33(55)56,19-17-15-13-11-12-14-16-18-30(51)52)21-29(50)23-48-32(54)42(44-35(48)58)26-38(5,6)46(10)39(7,8)27-42/h28-29,49-50H,11-27H2,1-10H3,(H,43,57)(H,44,58)(H,51,52)(H,55,56)/p-2. The zero-order valence-electron chi connectivity index (χ0n) is 36.6. The fourth-order valence-electron chi connectivity index (χ4n) is 11.0. The molecule has 4 rings (SSSR count). The van der Waals surface area contributed by atoms with Crippen molar-refractivity contribution in [3.05, 3.63) is 0 Å². The molecule has 0 saturated carbocycles. The maximum atomic E-state index is 14.1. The first kappa shape index (κ1) is 47.3. The van der Waals surface area contributed by atoms with Crippen LogP contribution in [0.1, 0.15) is 152 Å². The van der Waals surface area contributed by atoms with Crippen molar-refractivity contribution in [2.45, 2.75) is 197 Å². The molecule has 2 unspecified atom stereocenters. The molecule has 2 spiro atoms. The van der Waals surface area contributed by atoms with Gasteiger partial charge in [0.1, 0.15) is 11.1 Å². The Hall–Kier alpha value is -3.34. The maximum Gasteiger partial charge on any atom is 0.325 e. The summed E-state index contributed by atoms with van der Waals surface area (Å²) in [6, 6.07) is -1.35. The van der Waals surface area contributed by atoms with Crippen molar-refractivity contribution < 1.29 is 49.2 Å². The number of β-amino-alcohol motifs (C(OH)–C–C–N with tert-alkyl or cyclic N) is 2. The molecule has 4 aliphatic rings. The summed E-state index contributed by atoms with van der Waals surface area (Å²) >= 11 is 0. The van der Waals surface area contributed by atoms with Gasteiger partial charge in [0.2, 0.25) is 0 Å². The Morgan fingerprint density at radius 3 is 1.28 bits per heavy atom. The molecule has 0 aromatic heterocycles. The van der Waals surface area contributed by atoms with E-state index in [9.17, 15) is 49.2 Å². The minimum atomic E-state index is -1.85. The lowest BCUT2D eigenvalue weighted by Crippen LogP contribution is -2.68. The van der Waals surface area contributed by atoms with E-state index in [2.05, 4.69) is 20.4 Å². The van der Waals surface area contributed by atoms with Crippen molar-refractivity contribution in [1.82, 2.24) is 30.2 Å². The summed E-state index contributed by atoms with van der Waals surface area (Å²) in [7, 11) is 3.95. The number of rotatable bonds is 19. The molecule has 4 N–H and O–H groups in total. The van der Waals surface area contributed by atoms with Crippen LogP contribution < -0.4 is 20.8 Å². The van der Waals surface area contributed by atoms with Gasteiger partial charge in [-0.05, 0) is 127 Å². The normalized spacial score (nSPS) is 25.4. The predicted molar refractivity (Wildman–Crippen MR) is 212 cm³/mol. The Labute approximate surface area is 344 Å². The lowest BCUT2D eigenvalue weighted by Gasteiger charge is -2.56. The van der Waals surface area contributed by atoms with E-state index in [-0.39, 0.29) is 12.8 Å². The number of hydrogen-bond donors (Lipinski definition) is 4. The molecule has 0 radical (unpaired) electrons. The van der Waals surface area contributed by atoms with E-state index in [1.54, 1.807) is 0 Å². The number of aliphatic carboxylic acids is 2. The maximum absolute atomic E-state index is 14.1. The van der Waals surface area contributed by atoms with E-state index >= 15 is 0 Å². The van der Waals surface area contributed by atoms with Gasteiger partial charge in [-0.2, -0.15) is 0 Å². The van der Waals surface area contributed by atoms with Crippen LogP contribution in [0.5, 0.6) is 0 Å². The van der Waals surface area contributed by atoms with E-state index in [4.69, 9.17) is 0 Å². The molecule has 0 aromatic carbocycles. The van der Waals surface area contributed by atoms with Gasteiger partial charge in [-0.15, -0.1) is 0 Å². The number of amides is 6. The largest absolute Gasteiger partial charge is 0.550 e. The SMILES string of the molecule is CN1C(C)(C)CC2(CC1(C)C)NC(=O)N(CC(O)CC(CCCCCCCCCC(=O)[O-])(CC(O)CN1C(=O)NC3(CC(C)(C)N(C)C(C)(C)C3)C1=O)C(=O)[O-])C2=O. The predicted octanol–water partition coefficient (Wildman–Crippen LogP) is 1.63. The Balaban J connectivity index is 1.51. The van der Waals surface area contributed by atoms with Gasteiger partial charge in [-0.1, -0.05) is 38.5 Å². The highest BCUT2D eigenvalue weighted by molar-refractivity contribution is 6.08. The Kier molecular flexibility index (Phi) is 13.8. The molecule has 16 heteroatoms. The smallest absolute Gasteiger partial charge is 0.325 e. The number of aliphatic hydroxyl groups is 2. The van der Waals surface area contributed by atoms with Crippen LogP contribution in [0.4, 0.5) is 9.59 Å². The van der Waals surface area contributed by atoms with Gasteiger partial charge in [0, 0.05) is 39.5 Å². The number of nitrogens with one attached hydrogen (secondary N) is 2. The molecule has 4 heterocycles. The second kappa shape index (κ2) is 17.0. The lowest BCUT2D eigenvalue weighted by molar-refractivity contribution is -0.322. The third kappa shape index (κ3) is 9.82. The van der Waals surface area contributed by atoms with Gasteiger partial charge in [-0.25, -0.2) is 9.59 Å². The van der Waals surface area contributed by atoms with Crippen LogP contribution in [0.2, 0.25) is 0 Å². The van der Waals surface area contributed by atoms with Gasteiger partial charge < -0.3 is 40.6 Å². The number of urea groups is 2. The zero-order valence-corrected chi connectivity index (χ0v) is 36.6. The molecule has 6 amide bonds. The number of carboxylic acids is 2. The van der Waals surface area contributed by atoms with Crippen LogP contribution in [0.25, 0.3) is 0 Å². The van der Waals surface area contributed by atoms with Gasteiger partial charge >= 0.3 is 12.1 Å². The number of carbonyl (C=O) groups is 6. The molecule has 0 bridgehead atoms. The van der Waals surface area contributed by atoms with Crippen molar-refractivity contribution in [1.29, 1.82) is 0 Å². The summed E-state index contributed by atoms with van der Waals surface area (Å²) in [5, 5.41) is 52.9. The first-order valence-electron chi connectivity index (χ1n) is 21.1. The first-order chi connectivity index (χ1) is 26.6. The molecule has 330 valence electrons. The van der Waals surface area contributed by atoms with Crippen LogP contribution in [-0.4, -0.2) is 138 Å². The number of carboxylic acid groups (broad SMARTS) is 2. The highest BCUT2D eigenvalue weighted by Gasteiger charge is 2.62. The average Bonchev–Trinajstić information content (AvgIpc) is 3.41. The van der Waals surface area contributed by atoms with Gasteiger partial charge in [0.05, 0.1) is 25.3 Å². The molecule has 0 aromatic rings. The van der Waals surface area contributed by atoms with Crippen LogP contribution in [0, 0.1) is 5.41 Å². The fourth-order valence-corrected chi connectivity index (χ4v) is 11.0.